The average molecular weight is 395 g/mol. The van der Waals surface area contributed by atoms with Crippen molar-refractivity contribution in [2.75, 3.05) is 13.2 Å². The lowest BCUT2D eigenvalue weighted by atomic mass is 10.0. The SMILES string of the molecule is CC(=O)N1C[C@H](CC(=O)O)C[C@H]1COc1ccc(-c2ccc(C(=N)N)cc2)cc1. The van der Waals surface area contributed by atoms with Crippen LogP contribution in [-0.2, 0) is 9.59 Å². The molecule has 2 atom stereocenters. The Bertz CT molecular complexity index is 893. The molecule has 3 rings (SSSR count). The van der Waals surface area contributed by atoms with Crippen molar-refractivity contribution in [1.29, 1.82) is 5.41 Å². The minimum absolute atomic E-state index is 0.0367. The highest BCUT2D eigenvalue weighted by molar-refractivity contribution is 5.95. The molecule has 1 aliphatic heterocycles. The largest absolute Gasteiger partial charge is 0.491 e. The topological polar surface area (TPSA) is 117 Å². The van der Waals surface area contributed by atoms with Gasteiger partial charge in [-0.3, -0.25) is 15.0 Å². The van der Waals surface area contributed by atoms with Gasteiger partial charge < -0.3 is 20.5 Å². The van der Waals surface area contributed by atoms with E-state index in [1.807, 2.05) is 48.5 Å². The van der Waals surface area contributed by atoms with E-state index >= 15 is 0 Å². The van der Waals surface area contributed by atoms with Crippen molar-refractivity contribution in [2.45, 2.75) is 25.8 Å². The van der Waals surface area contributed by atoms with Crippen LogP contribution in [0.5, 0.6) is 5.75 Å². The molecule has 29 heavy (non-hydrogen) atoms. The number of amides is 1. The van der Waals surface area contributed by atoms with Gasteiger partial charge in [0, 0.05) is 25.5 Å². The van der Waals surface area contributed by atoms with Crippen molar-refractivity contribution in [2.24, 2.45) is 11.7 Å². The summed E-state index contributed by atoms with van der Waals surface area (Å²) >= 11 is 0. The maximum Gasteiger partial charge on any atom is 0.303 e. The molecule has 1 amide bonds. The van der Waals surface area contributed by atoms with Gasteiger partial charge in [-0.05, 0) is 35.6 Å². The predicted molar refractivity (Wildman–Crippen MR) is 110 cm³/mol. The van der Waals surface area contributed by atoms with Crippen LogP contribution >= 0.6 is 0 Å². The number of amidine groups is 1. The first-order valence-electron chi connectivity index (χ1n) is 9.50. The van der Waals surface area contributed by atoms with Crippen LogP contribution in [0.15, 0.2) is 48.5 Å². The van der Waals surface area contributed by atoms with E-state index in [1.165, 1.54) is 6.92 Å². The van der Waals surface area contributed by atoms with Crippen molar-refractivity contribution in [3.05, 3.63) is 54.1 Å². The molecule has 7 heteroatoms. The number of ether oxygens (including phenoxy) is 1. The summed E-state index contributed by atoms with van der Waals surface area (Å²) in [6, 6.07) is 15.0. The summed E-state index contributed by atoms with van der Waals surface area (Å²) in [5.74, 6) is -0.204. The smallest absolute Gasteiger partial charge is 0.303 e. The Hall–Kier alpha value is -3.35. The Kier molecular flexibility index (Phi) is 6.16. The molecule has 1 aliphatic rings. The first kappa shape index (κ1) is 20.4. The summed E-state index contributed by atoms with van der Waals surface area (Å²) in [6.07, 6.45) is 0.698. The standard InChI is InChI=1S/C22H25N3O4/c1-14(26)25-12-15(11-21(27)28)10-19(25)13-29-20-8-6-17(7-9-20)16-2-4-18(5-3-16)22(23)24/h2-9,15,19H,10-13H2,1H3,(H3,23,24)(H,27,28)/t15-,19-/m0/s1. The third-order valence-electron chi connectivity index (χ3n) is 5.19. The zero-order valence-corrected chi connectivity index (χ0v) is 16.3. The van der Waals surface area contributed by atoms with Crippen molar-refractivity contribution >= 4 is 17.7 Å². The van der Waals surface area contributed by atoms with Crippen LogP contribution in [0.1, 0.15) is 25.3 Å². The molecule has 2 aromatic rings. The van der Waals surface area contributed by atoms with Crippen LogP contribution < -0.4 is 10.5 Å². The molecule has 0 saturated carbocycles. The van der Waals surface area contributed by atoms with Gasteiger partial charge in [0.05, 0.1) is 6.04 Å². The van der Waals surface area contributed by atoms with E-state index in [1.54, 1.807) is 4.90 Å². The Morgan fingerprint density at radius 2 is 1.72 bits per heavy atom. The number of nitrogens with one attached hydrogen (secondary N) is 1. The number of likely N-dealkylation sites (tertiary alicyclic amines) is 1. The van der Waals surface area contributed by atoms with Crippen LogP contribution in [0, 0.1) is 11.3 Å². The summed E-state index contributed by atoms with van der Waals surface area (Å²) in [7, 11) is 0. The van der Waals surface area contributed by atoms with Crippen molar-refractivity contribution < 1.29 is 19.4 Å². The summed E-state index contributed by atoms with van der Waals surface area (Å²) in [4.78, 5) is 24.5. The number of nitrogens with two attached hydrogens (primary N) is 1. The minimum atomic E-state index is -0.841. The fourth-order valence-corrected chi connectivity index (χ4v) is 3.73. The molecule has 0 spiro atoms. The highest BCUT2D eigenvalue weighted by Gasteiger charge is 2.35. The highest BCUT2D eigenvalue weighted by atomic mass is 16.5. The highest BCUT2D eigenvalue weighted by Crippen LogP contribution is 2.28. The number of carboxylic acid groups (broad SMARTS) is 1. The molecular weight excluding hydrogens is 370 g/mol. The number of rotatable bonds is 7. The van der Waals surface area contributed by atoms with E-state index in [2.05, 4.69) is 0 Å². The zero-order chi connectivity index (χ0) is 21.0. The second-order valence-electron chi connectivity index (χ2n) is 7.35. The summed E-state index contributed by atoms with van der Waals surface area (Å²) < 4.78 is 5.88. The molecule has 0 aromatic heterocycles. The van der Waals surface area contributed by atoms with E-state index in [9.17, 15) is 9.59 Å². The second kappa shape index (κ2) is 8.77. The molecule has 7 nitrogen and oxygen atoms in total. The minimum Gasteiger partial charge on any atom is -0.491 e. The first-order valence-corrected chi connectivity index (χ1v) is 9.50. The number of carbonyl (C=O) groups is 2. The van der Waals surface area contributed by atoms with Crippen molar-refractivity contribution in [3.8, 4) is 16.9 Å². The van der Waals surface area contributed by atoms with Gasteiger partial charge in [0.25, 0.3) is 0 Å². The fraction of sp³-hybridized carbons (Fsp3) is 0.318. The van der Waals surface area contributed by atoms with E-state index < -0.39 is 5.97 Å². The van der Waals surface area contributed by atoms with E-state index in [0.717, 1.165) is 11.1 Å². The molecule has 0 radical (unpaired) electrons. The summed E-state index contributed by atoms with van der Waals surface area (Å²) in [5.41, 5.74) is 8.19. The van der Waals surface area contributed by atoms with E-state index in [-0.39, 0.29) is 30.1 Å². The van der Waals surface area contributed by atoms with Gasteiger partial charge in [-0.2, -0.15) is 0 Å². The van der Waals surface area contributed by atoms with Crippen LogP contribution in [0.2, 0.25) is 0 Å². The number of hydrogen-bond acceptors (Lipinski definition) is 4. The summed E-state index contributed by atoms with van der Waals surface area (Å²) in [5, 5.41) is 16.5. The fourth-order valence-electron chi connectivity index (χ4n) is 3.73. The molecular formula is C22H25N3O4. The Balaban J connectivity index is 1.61. The lowest BCUT2D eigenvalue weighted by Crippen LogP contribution is -2.37. The monoisotopic (exact) mass is 395 g/mol. The molecule has 152 valence electrons. The summed E-state index contributed by atoms with van der Waals surface area (Å²) in [6.45, 7) is 2.30. The quantitative estimate of drug-likeness (QED) is 0.492. The Morgan fingerprint density at radius 1 is 1.14 bits per heavy atom. The van der Waals surface area contributed by atoms with Crippen molar-refractivity contribution in [1.82, 2.24) is 4.90 Å². The Labute approximate surface area is 169 Å². The number of hydrogen-bond donors (Lipinski definition) is 3. The third-order valence-corrected chi connectivity index (χ3v) is 5.19. The normalized spacial score (nSPS) is 18.4. The molecule has 1 fully saturated rings. The molecule has 4 N–H and O–H groups in total. The Morgan fingerprint density at radius 3 is 2.24 bits per heavy atom. The van der Waals surface area contributed by atoms with Gasteiger partial charge in [0.1, 0.15) is 18.2 Å². The van der Waals surface area contributed by atoms with Gasteiger partial charge in [-0.15, -0.1) is 0 Å². The lowest BCUT2D eigenvalue weighted by Gasteiger charge is -2.23. The lowest BCUT2D eigenvalue weighted by molar-refractivity contribution is -0.138. The molecule has 0 bridgehead atoms. The zero-order valence-electron chi connectivity index (χ0n) is 16.3. The van der Waals surface area contributed by atoms with Crippen LogP contribution in [-0.4, -0.2) is 46.9 Å². The number of carboxylic acids is 1. The number of nitrogens with zero attached hydrogens (tertiary/aromatic N) is 1. The molecule has 1 saturated heterocycles. The second-order valence-corrected chi connectivity index (χ2v) is 7.35. The molecule has 0 unspecified atom stereocenters. The van der Waals surface area contributed by atoms with Gasteiger partial charge in [0.2, 0.25) is 5.91 Å². The van der Waals surface area contributed by atoms with Gasteiger partial charge in [-0.1, -0.05) is 36.4 Å². The maximum atomic E-state index is 11.9. The molecule has 0 aliphatic carbocycles. The van der Waals surface area contributed by atoms with Gasteiger partial charge in [0.15, 0.2) is 0 Å². The number of nitrogen functional groups attached to an aromatic ring is 1. The average Bonchev–Trinajstić information content (AvgIpc) is 3.09. The van der Waals surface area contributed by atoms with Crippen LogP contribution in [0.4, 0.5) is 0 Å². The third kappa shape index (κ3) is 5.13. The van der Waals surface area contributed by atoms with Gasteiger partial charge in [-0.25, -0.2) is 0 Å². The number of benzene rings is 2. The first-order chi connectivity index (χ1) is 13.8. The molecule has 1 heterocycles. The predicted octanol–water partition coefficient (Wildman–Crippen LogP) is 2.73. The maximum absolute atomic E-state index is 11.9. The number of carbonyl (C=O) groups excluding carboxylic acids is 1. The van der Waals surface area contributed by atoms with Crippen LogP contribution in [0.3, 0.4) is 0 Å². The van der Waals surface area contributed by atoms with Gasteiger partial charge >= 0.3 is 5.97 Å². The van der Waals surface area contributed by atoms with Crippen LogP contribution in [0.25, 0.3) is 11.1 Å². The van der Waals surface area contributed by atoms with E-state index in [4.69, 9.17) is 21.0 Å². The molecule has 2 aromatic carbocycles. The van der Waals surface area contributed by atoms with Crippen molar-refractivity contribution in [3.63, 3.8) is 0 Å². The number of aliphatic carboxylic acids is 1. The van der Waals surface area contributed by atoms with E-state index in [0.29, 0.717) is 30.9 Å².